The van der Waals surface area contributed by atoms with Crippen LogP contribution in [0.1, 0.15) is 297 Å². The number of phosphoric acid groups is 1. The van der Waals surface area contributed by atoms with Gasteiger partial charge >= 0.3 is 5.97 Å². The maximum atomic E-state index is 13.6. The molecular formula is C68H125N2O7P. The number of quaternary nitrogens is 1. The van der Waals surface area contributed by atoms with Crippen molar-refractivity contribution < 1.29 is 37.3 Å². The van der Waals surface area contributed by atoms with E-state index in [-0.39, 0.29) is 24.9 Å². The van der Waals surface area contributed by atoms with Gasteiger partial charge in [-0.3, -0.25) is 14.2 Å². The van der Waals surface area contributed by atoms with E-state index in [2.05, 4.69) is 86.8 Å². The third kappa shape index (κ3) is 58.1. The van der Waals surface area contributed by atoms with Gasteiger partial charge in [0.1, 0.15) is 19.3 Å². The van der Waals surface area contributed by atoms with Crippen molar-refractivity contribution in [3.8, 4) is 0 Å². The van der Waals surface area contributed by atoms with Gasteiger partial charge in [-0.25, -0.2) is 0 Å². The molecule has 0 aliphatic rings. The molecule has 78 heavy (non-hydrogen) atoms. The van der Waals surface area contributed by atoms with Crippen molar-refractivity contribution in [1.29, 1.82) is 0 Å². The lowest BCUT2D eigenvalue weighted by Gasteiger charge is -2.30. The lowest BCUT2D eigenvalue weighted by atomic mass is 10.0. The molecule has 0 radical (unpaired) electrons. The standard InChI is InChI=1S/C68H125N2O7P/c1-7-10-13-16-19-22-25-28-30-32-33-34-35-36-37-39-40-42-45-48-51-54-57-60-67(71)69-65(64-76-78(73,74)75-63-62-70(4,5)6)66(59-56-53-50-47-44-27-24-21-18-15-12-9-3)77-68(72)61-58-55-52-49-46-43-41-38-31-29-26-23-20-17-14-11-8-2/h19,22,28-31,33-34,36-37,56,59,65-66H,7-18,20-21,23-27,32,35,38-55,57-58,60-64H2,1-6H3,(H-,69,71,73,74)/b22-19-,30-28-,31-29+,34-33-,37-36-,59-56-. The summed E-state index contributed by atoms with van der Waals surface area (Å²) in [6.45, 7) is 6.81. The van der Waals surface area contributed by atoms with Crippen LogP contribution in [0.4, 0.5) is 0 Å². The van der Waals surface area contributed by atoms with E-state index in [1.807, 2.05) is 33.3 Å². The van der Waals surface area contributed by atoms with Crippen LogP contribution in [0.2, 0.25) is 0 Å². The Kier molecular flexibility index (Phi) is 55.8. The van der Waals surface area contributed by atoms with Gasteiger partial charge in [-0.2, -0.15) is 0 Å². The Morgan fingerprint density at radius 1 is 0.449 bits per heavy atom. The highest BCUT2D eigenvalue weighted by atomic mass is 31.2. The van der Waals surface area contributed by atoms with Crippen molar-refractivity contribution in [2.24, 2.45) is 0 Å². The molecule has 0 fully saturated rings. The van der Waals surface area contributed by atoms with Gasteiger partial charge in [0.05, 0.1) is 33.8 Å². The molecule has 0 rings (SSSR count). The third-order valence-electron chi connectivity index (χ3n) is 14.4. The highest BCUT2D eigenvalue weighted by Gasteiger charge is 2.27. The van der Waals surface area contributed by atoms with E-state index in [0.29, 0.717) is 17.4 Å². The molecular weight excluding hydrogens is 988 g/mol. The van der Waals surface area contributed by atoms with Gasteiger partial charge in [-0.05, 0) is 102 Å². The number of nitrogens with zero attached hydrogens (tertiary/aromatic N) is 1. The molecule has 0 aliphatic carbocycles. The van der Waals surface area contributed by atoms with Crippen LogP contribution in [0.3, 0.4) is 0 Å². The lowest BCUT2D eigenvalue weighted by molar-refractivity contribution is -0.870. The summed E-state index contributed by atoms with van der Waals surface area (Å²) in [6.07, 6.45) is 74.3. The summed E-state index contributed by atoms with van der Waals surface area (Å²) in [7, 11) is 1.17. The first-order chi connectivity index (χ1) is 37.9. The number of ether oxygens (including phenoxy) is 1. The Hall–Kier alpha value is -2.55. The van der Waals surface area contributed by atoms with Gasteiger partial charge in [-0.1, -0.05) is 255 Å². The molecule has 454 valence electrons. The van der Waals surface area contributed by atoms with Gasteiger partial charge in [0, 0.05) is 12.8 Å². The summed E-state index contributed by atoms with van der Waals surface area (Å²) in [5.41, 5.74) is 0. The molecule has 0 aromatic carbocycles. The Morgan fingerprint density at radius 3 is 1.21 bits per heavy atom. The van der Waals surface area contributed by atoms with Crippen molar-refractivity contribution in [3.05, 3.63) is 72.9 Å². The zero-order valence-electron chi connectivity index (χ0n) is 51.9. The number of likely N-dealkylation sites (N-methyl/N-ethyl adjacent to an activating group) is 1. The van der Waals surface area contributed by atoms with Gasteiger partial charge in [0.2, 0.25) is 5.91 Å². The number of carbonyl (C=O) groups is 2. The number of hydrogen-bond acceptors (Lipinski definition) is 7. The summed E-state index contributed by atoms with van der Waals surface area (Å²) in [4.78, 5) is 40.1. The zero-order chi connectivity index (χ0) is 57.2. The number of esters is 1. The van der Waals surface area contributed by atoms with Crippen LogP contribution in [-0.2, 0) is 27.9 Å². The average molecular weight is 1110 g/mol. The Morgan fingerprint density at radius 2 is 0.782 bits per heavy atom. The molecule has 1 amide bonds. The molecule has 0 aromatic rings. The predicted molar refractivity (Wildman–Crippen MR) is 335 cm³/mol. The number of nitrogens with one attached hydrogen (secondary N) is 1. The van der Waals surface area contributed by atoms with Crippen molar-refractivity contribution >= 4 is 19.7 Å². The maximum absolute atomic E-state index is 13.6. The van der Waals surface area contributed by atoms with Gasteiger partial charge < -0.3 is 28.5 Å². The van der Waals surface area contributed by atoms with E-state index in [1.54, 1.807) is 0 Å². The highest BCUT2D eigenvalue weighted by molar-refractivity contribution is 7.45. The predicted octanol–water partition coefficient (Wildman–Crippen LogP) is 19.8. The molecule has 0 heterocycles. The minimum Gasteiger partial charge on any atom is -0.756 e. The van der Waals surface area contributed by atoms with Gasteiger partial charge in [0.25, 0.3) is 7.82 Å². The highest BCUT2D eigenvalue weighted by Crippen LogP contribution is 2.38. The second-order valence-electron chi connectivity index (χ2n) is 23.3. The first-order valence-electron chi connectivity index (χ1n) is 32.7. The summed E-state index contributed by atoms with van der Waals surface area (Å²) in [5, 5.41) is 3.03. The molecule has 10 heteroatoms. The van der Waals surface area contributed by atoms with Crippen molar-refractivity contribution in [2.45, 2.75) is 309 Å². The quantitative estimate of drug-likeness (QED) is 0.0212. The van der Waals surface area contributed by atoms with E-state index >= 15 is 0 Å². The van der Waals surface area contributed by atoms with Crippen LogP contribution in [0.5, 0.6) is 0 Å². The topological polar surface area (TPSA) is 114 Å². The number of amides is 1. The molecule has 0 aromatic heterocycles. The molecule has 3 unspecified atom stereocenters. The Balaban J connectivity index is 5.21. The summed E-state index contributed by atoms with van der Waals surface area (Å²) >= 11 is 0. The van der Waals surface area contributed by atoms with Crippen molar-refractivity contribution in [2.75, 3.05) is 40.9 Å². The Bertz CT molecular complexity index is 1570. The van der Waals surface area contributed by atoms with Crippen LogP contribution in [0.25, 0.3) is 0 Å². The van der Waals surface area contributed by atoms with Crippen molar-refractivity contribution in [3.63, 3.8) is 0 Å². The second-order valence-corrected chi connectivity index (χ2v) is 24.7. The fourth-order valence-corrected chi connectivity index (χ4v) is 9.99. The Labute approximate surface area is 483 Å². The number of rotatable bonds is 59. The third-order valence-corrected chi connectivity index (χ3v) is 15.3. The van der Waals surface area contributed by atoms with Gasteiger partial charge in [0.15, 0.2) is 0 Å². The normalized spacial score (nSPS) is 14.1. The number of allylic oxidation sites excluding steroid dienone is 11. The van der Waals surface area contributed by atoms with E-state index in [4.69, 9.17) is 13.8 Å². The fourth-order valence-electron chi connectivity index (χ4n) is 9.27. The minimum atomic E-state index is -4.71. The van der Waals surface area contributed by atoms with Crippen molar-refractivity contribution in [1.82, 2.24) is 5.32 Å². The second kappa shape index (κ2) is 57.7. The molecule has 1 N–H and O–H groups in total. The largest absolute Gasteiger partial charge is 0.756 e. The summed E-state index contributed by atoms with van der Waals surface area (Å²) < 4.78 is 30.4. The molecule has 0 spiro atoms. The summed E-state index contributed by atoms with van der Waals surface area (Å²) in [5.74, 6) is -0.554. The van der Waals surface area contributed by atoms with Crippen LogP contribution >= 0.6 is 7.82 Å². The number of unbranched alkanes of at least 4 members (excludes halogenated alkanes) is 33. The van der Waals surface area contributed by atoms with Crippen LogP contribution in [-0.4, -0.2) is 69.4 Å². The molecule has 0 saturated heterocycles. The van der Waals surface area contributed by atoms with E-state index < -0.39 is 26.6 Å². The van der Waals surface area contributed by atoms with Crippen LogP contribution in [0, 0.1) is 0 Å². The maximum Gasteiger partial charge on any atom is 0.306 e. The first kappa shape index (κ1) is 75.5. The smallest absolute Gasteiger partial charge is 0.306 e. The van der Waals surface area contributed by atoms with E-state index in [1.165, 1.54) is 161 Å². The van der Waals surface area contributed by atoms with Crippen LogP contribution in [0.15, 0.2) is 72.9 Å². The summed E-state index contributed by atoms with van der Waals surface area (Å²) in [6, 6.07) is -0.898. The zero-order valence-corrected chi connectivity index (χ0v) is 52.8. The number of carbonyl (C=O) groups excluding carboxylic acids is 2. The SMILES string of the molecule is CCCCC/C=C\C/C=C\C/C=C\C/C=C\CCCCCCCCCC(=O)NC(COP(=O)([O-])OCC[N+](C)(C)C)C(/C=C\CCCCCCCCCCCC)OC(=O)CCCCCCCCC/C=C/CCCCCCCC. The molecule has 9 nitrogen and oxygen atoms in total. The molecule has 0 saturated carbocycles. The molecule has 3 atom stereocenters. The number of phosphoric ester groups is 1. The minimum absolute atomic E-state index is 0.0272. The molecule has 0 aliphatic heterocycles. The monoisotopic (exact) mass is 1110 g/mol. The van der Waals surface area contributed by atoms with Crippen LogP contribution < -0.4 is 10.2 Å². The fraction of sp³-hybridized carbons (Fsp3) is 0.794. The average Bonchev–Trinajstić information content (AvgIpc) is 3.40. The lowest BCUT2D eigenvalue weighted by Crippen LogP contribution is -2.47. The van der Waals surface area contributed by atoms with Gasteiger partial charge in [-0.15, -0.1) is 0 Å². The van der Waals surface area contributed by atoms with E-state index in [0.717, 1.165) is 103 Å². The number of hydrogen-bond donors (Lipinski definition) is 1. The first-order valence-corrected chi connectivity index (χ1v) is 34.2. The molecule has 0 bridgehead atoms. The van der Waals surface area contributed by atoms with E-state index in [9.17, 15) is 19.0 Å².